The van der Waals surface area contributed by atoms with E-state index in [1.54, 1.807) is 11.3 Å². The zero-order valence-electron chi connectivity index (χ0n) is 8.22. The van der Waals surface area contributed by atoms with Crippen LogP contribution in [-0.2, 0) is 6.42 Å². The predicted molar refractivity (Wildman–Crippen MR) is 77.0 cm³/mol. The van der Waals surface area contributed by atoms with Gasteiger partial charge >= 0.3 is 0 Å². The van der Waals surface area contributed by atoms with Crippen LogP contribution in [-0.4, -0.2) is 0 Å². The maximum Gasteiger partial charge on any atom is 0.0737 e. The van der Waals surface area contributed by atoms with E-state index in [0.29, 0.717) is 0 Å². The van der Waals surface area contributed by atoms with E-state index in [1.807, 2.05) is 11.3 Å². The van der Waals surface area contributed by atoms with Gasteiger partial charge in [0, 0.05) is 9.75 Å². The molecule has 0 aliphatic heterocycles. The molecule has 0 nitrogen and oxygen atoms in total. The van der Waals surface area contributed by atoms with Gasteiger partial charge in [0.25, 0.3) is 0 Å². The molecule has 0 aromatic carbocycles. The van der Waals surface area contributed by atoms with Crippen molar-refractivity contribution < 1.29 is 0 Å². The molecule has 2 aromatic heterocycles. The molecule has 0 bridgehead atoms. The van der Waals surface area contributed by atoms with Crippen LogP contribution in [0.5, 0.6) is 0 Å². The van der Waals surface area contributed by atoms with Gasteiger partial charge in [0.1, 0.15) is 0 Å². The first-order valence-electron chi connectivity index (χ1n) is 4.74. The van der Waals surface area contributed by atoms with Crippen molar-refractivity contribution in [3.8, 4) is 9.75 Å². The summed E-state index contributed by atoms with van der Waals surface area (Å²) in [5.41, 5.74) is 1.43. The fourth-order valence-electron chi connectivity index (χ4n) is 1.41. The van der Waals surface area contributed by atoms with Crippen molar-refractivity contribution in [1.82, 2.24) is 0 Å². The number of hydrogen-bond donors (Lipinski definition) is 0. The van der Waals surface area contributed by atoms with Crippen LogP contribution in [0.25, 0.3) is 9.75 Å². The molecular formula is C11H10Br2S2. The third-order valence-corrected chi connectivity index (χ3v) is 5.87. The maximum atomic E-state index is 3.63. The molecule has 0 radical (unpaired) electrons. The van der Waals surface area contributed by atoms with E-state index in [-0.39, 0.29) is 0 Å². The van der Waals surface area contributed by atoms with Crippen molar-refractivity contribution in [2.45, 2.75) is 19.8 Å². The largest absolute Gasteiger partial charge is 0.127 e. The fourth-order valence-corrected chi connectivity index (χ4v) is 4.65. The molecule has 0 aliphatic rings. The van der Waals surface area contributed by atoms with Crippen molar-refractivity contribution in [2.24, 2.45) is 0 Å². The molecule has 2 rings (SSSR count). The van der Waals surface area contributed by atoms with E-state index in [1.165, 1.54) is 29.3 Å². The molecule has 80 valence electrons. The van der Waals surface area contributed by atoms with E-state index in [2.05, 4.69) is 57.0 Å². The van der Waals surface area contributed by atoms with Gasteiger partial charge in [-0.25, -0.2) is 0 Å². The lowest BCUT2D eigenvalue weighted by atomic mass is 10.2. The first-order chi connectivity index (χ1) is 7.20. The second kappa shape index (κ2) is 5.13. The van der Waals surface area contributed by atoms with Crippen molar-refractivity contribution in [3.05, 3.63) is 31.3 Å². The molecule has 0 atom stereocenters. The molecule has 0 spiro atoms. The van der Waals surface area contributed by atoms with Crippen molar-refractivity contribution in [2.75, 3.05) is 0 Å². The highest BCUT2D eigenvalue weighted by molar-refractivity contribution is 9.11. The van der Waals surface area contributed by atoms with Gasteiger partial charge in [-0.2, -0.15) is 0 Å². The molecule has 0 saturated heterocycles. The average molecular weight is 366 g/mol. The normalized spacial score (nSPS) is 10.9. The molecular weight excluding hydrogens is 356 g/mol. The molecule has 0 unspecified atom stereocenters. The topological polar surface area (TPSA) is 0 Å². The lowest BCUT2D eigenvalue weighted by Gasteiger charge is -1.91. The van der Waals surface area contributed by atoms with Gasteiger partial charge in [0.2, 0.25) is 0 Å². The first kappa shape index (κ1) is 11.8. The van der Waals surface area contributed by atoms with Crippen LogP contribution in [0, 0.1) is 0 Å². The average Bonchev–Trinajstić information content (AvgIpc) is 2.75. The molecule has 2 aromatic rings. The van der Waals surface area contributed by atoms with Crippen molar-refractivity contribution in [3.63, 3.8) is 0 Å². The molecule has 4 heteroatoms. The standard InChI is InChI=1S/C11H10Br2S2/c1-2-3-7-6-9(15-11(7)13)8-4-5-10(12)14-8/h4-6H,2-3H2,1H3. The van der Waals surface area contributed by atoms with E-state index in [9.17, 15) is 0 Å². The number of thiophene rings is 2. The summed E-state index contributed by atoms with van der Waals surface area (Å²) in [7, 11) is 0. The van der Waals surface area contributed by atoms with E-state index >= 15 is 0 Å². The smallest absolute Gasteiger partial charge is 0.0737 e. The molecule has 0 fully saturated rings. The summed E-state index contributed by atoms with van der Waals surface area (Å²) >= 11 is 10.7. The monoisotopic (exact) mass is 364 g/mol. The molecule has 0 saturated carbocycles. The summed E-state index contributed by atoms with van der Waals surface area (Å²) < 4.78 is 2.47. The van der Waals surface area contributed by atoms with E-state index in [0.717, 1.165) is 6.42 Å². The predicted octanol–water partition coefficient (Wildman–Crippen LogP) is 5.95. The highest BCUT2D eigenvalue weighted by Gasteiger charge is 2.09. The Bertz CT molecular complexity index is 457. The zero-order valence-corrected chi connectivity index (χ0v) is 13.0. The van der Waals surface area contributed by atoms with Gasteiger partial charge in [-0.3, -0.25) is 0 Å². The van der Waals surface area contributed by atoms with Crippen LogP contribution in [0.15, 0.2) is 25.8 Å². The van der Waals surface area contributed by atoms with Crippen molar-refractivity contribution >= 4 is 54.5 Å². The summed E-state index contributed by atoms with van der Waals surface area (Å²) in [6.45, 7) is 2.21. The maximum absolute atomic E-state index is 3.63. The minimum atomic E-state index is 1.16. The summed E-state index contributed by atoms with van der Waals surface area (Å²) in [5, 5.41) is 0. The molecule has 2 heterocycles. The molecule has 15 heavy (non-hydrogen) atoms. The van der Waals surface area contributed by atoms with Crippen molar-refractivity contribution in [1.29, 1.82) is 0 Å². The van der Waals surface area contributed by atoms with Crippen LogP contribution in [0.4, 0.5) is 0 Å². The lowest BCUT2D eigenvalue weighted by molar-refractivity contribution is 0.923. The summed E-state index contributed by atoms with van der Waals surface area (Å²) in [6.07, 6.45) is 2.35. The van der Waals surface area contributed by atoms with Gasteiger partial charge in [-0.05, 0) is 62.0 Å². The minimum absolute atomic E-state index is 1.16. The Morgan fingerprint density at radius 3 is 2.53 bits per heavy atom. The van der Waals surface area contributed by atoms with Crippen LogP contribution < -0.4 is 0 Å². The van der Waals surface area contributed by atoms with Crippen LogP contribution >= 0.6 is 54.5 Å². The summed E-state index contributed by atoms with van der Waals surface area (Å²) in [5.74, 6) is 0. The third kappa shape index (κ3) is 2.73. The lowest BCUT2D eigenvalue weighted by Crippen LogP contribution is -1.77. The fraction of sp³-hybridized carbons (Fsp3) is 0.273. The van der Waals surface area contributed by atoms with Crippen LogP contribution in [0.1, 0.15) is 18.9 Å². The SMILES string of the molecule is CCCc1cc(-c2ccc(Br)s2)sc1Br. The Kier molecular flexibility index (Phi) is 4.04. The number of halogens is 2. The van der Waals surface area contributed by atoms with Crippen LogP contribution in [0.3, 0.4) is 0 Å². The Morgan fingerprint density at radius 2 is 1.93 bits per heavy atom. The summed E-state index contributed by atoms with van der Waals surface area (Å²) in [6, 6.07) is 6.58. The van der Waals surface area contributed by atoms with E-state index < -0.39 is 0 Å². The highest BCUT2D eigenvalue weighted by Crippen LogP contribution is 2.39. The zero-order chi connectivity index (χ0) is 10.8. The van der Waals surface area contributed by atoms with Gasteiger partial charge in [0.15, 0.2) is 0 Å². The van der Waals surface area contributed by atoms with Gasteiger partial charge in [-0.1, -0.05) is 13.3 Å². The number of hydrogen-bond acceptors (Lipinski definition) is 2. The third-order valence-electron chi connectivity index (χ3n) is 2.09. The Balaban J connectivity index is 2.33. The molecule has 0 amide bonds. The number of rotatable bonds is 3. The Morgan fingerprint density at radius 1 is 1.13 bits per heavy atom. The summed E-state index contributed by atoms with van der Waals surface area (Å²) in [4.78, 5) is 2.70. The van der Waals surface area contributed by atoms with Crippen LogP contribution in [0.2, 0.25) is 0 Å². The second-order valence-electron chi connectivity index (χ2n) is 3.26. The minimum Gasteiger partial charge on any atom is -0.127 e. The second-order valence-corrected chi connectivity index (χ2v) is 8.10. The van der Waals surface area contributed by atoms with Gasteiger partial charge in [-0.15, -0.1) is 22.7 Å². The Hall–Kier alpha value is 0.360. The quantitative estimate of drug-likeness (QED) is 0.629. The Labute approximate surface area is 115 Å². The molecule has 0 N–H and O–H groups in total. The number of aryl methyl sites for hydroxylation is 1. The van der Waals surface area contributed by atoms with Gasteiger partial charge < -0.3 is 0 Å². The highest BCUT2D eigenvalue weighted by atomic mass is 79.9. The van der Waals surface area contributed by atoms with Gasteiger partial charge in [0.05, 0.1) is 7.57 Å². The van der Waals surface area contributed by atoms with E-state index in [4.69, 9.17) is 0 Å². The first-order valence-corrected chi connectivity index (χ1v) is 7.96. The molecule has 0 aliphatic carbocycles.